The smallest absolute Gasteiger partial charge is 0.264 e. The van der Waals surface area contributed by atoms with E-state index in [1.807, 2.05) is 29.0 Å². The van der Waals surface area contributed by atoms with Crippen molar-refractivity contribution in [1.82, 2.24) is 19.7 Å². The normalized spacial score (nSPS) is 11.5. The van der Waals surface area contributed by atoms with Gasteiger partial charge in [0.2, 0.25) is 10.0 Å². The Labute approximate surface area is 133 Å². The van der Waals surface area contributed by atoms with Crippen molar-refractivity contribution in [2.24, 2.45) is 0 Å². The number of para-hydroxylation sites is 1. The van der Waals surface area contributed by atoms with E-state index in [0.717, 1.165) is 22.9 Å². The molecule has 0 radical (unpaired) electrons. The number of benzene rings is 2. The van der Waals surface area contributed by atoms with Crippen molar-refractivity contribution in [1.29, 1.82) is 0 Å². The van der Waals surface area contributed by atoms with E-state index < -0.39 is 15.9 Å². The number of carbonyl (C=O) groups excluding carboxylic acids is 1. The fourth-order valence-corrected chi connectivity index (χ4v) is 2.65. The molecule has 1 amide bonds. The molecule has 1 heterocycles. The summed E-state index contributed by atoms with van der Waals surface area (Å²) in [5, 5.41) is 8.19. The van der Waals surface area contributed by atoms with Crippen molar-refractivity contribution in [3.05, 3.63) is 59.7 Å². The molecule has 118 valence electrons. The number of nitrogens with zero attached hydrogens (tertiary/aromatic N) is 3. The lowest BCUT2D eigenvalue weighted by molar-refractivity contribution is 0.0981. The molecule has 7 nitrogen and oxygen atoms in total. The standard InChI is InChI=1S/C15H14N4O3S/c1-23(21,22)17-15(20)12-8-6-11(7-9-12)10-19-14-5-3-2-4-13(14)16-18-19/h2-9H,10H2,1H3,(H,17,20). The van der Waals surface area contributed by atoms with E-state index in [0.29, 0.717) is 6.54 Å². The number of rotatable bonds is 4. The molecule has 1 aromatic heterocycles. The van der Waals surface area contributed by atoms with Crippen LogP contribution in [0.15, 0.2) is 48.5 Å². The number of aromatic nitrogens is 3. The first-order chi connectivity index (χ1) is 10.9. The third kappa shape index (κ3) is 3.54. The van der Waals surface area contributed by atoms with Crippen molar-refractivity contribution in [2.45, 2.75) is 6.54 Å². The molecule has 23 heavy (non-hydrogen) atoms. The second-order valence-electron chi connectivity index (χ2n) is 5.14. The average molecular weight is 330 g/mol. The highest BCUT2D eigenvalue weighted by atomic mass is 32.2. The molecule has 0 unspecified atom stereocenters. The van der Waals surface area contributed by atoms with Crippen LogP contribution in [0.3, 0.4) is 0 Å². The Morgan fingerprint density at radius 2 is 1.83 bits per heavy atom. The molecule has 8 heteroatoms. The van der Waals surface area contributed by atoms with Gasteiger partial charge in [0.1, 0.15) is 5.52 Å². The van der Waals surface area contributed by atoms with Gasteiger partial charge in [0, 0.05) is 5.56 Å². The molecule has 1 N–H and O–H groups in total. The van der Waals surface area contributed by atoms with Crippen LogP contribution >= 0.6 is 0 Å². The van der Waals surface area contributed by atoms with Gasteiger partial charge in [-0.2, -0.15) is 0 Å². The topological polar surface area (TPSA) is 94.0 Å². The summed E-state index contributed by atoms with van der Waals surface area (Å²) in [6.45, 7) is 0.508. The highest BCUT2D eigenvalue weighted by Crippen LogP contribution is 2.13. The van der Waals surface area contributed by atoms with Crippen molar-refractivity contribution in [3.63, 3.8) is 0 Å². The van der Waals surface area contributed by atoms with Crippen molar-refractivity contribution in [2.75, 3.05) is 6.26 Å². The summed E-state index contributed by atoms with van der Waals surface area (Å²) < 4.78 is 25.8. The zero-order chi connectivity index (χ0) is 16.4. The Balaban J connectivity index is 1.79. The van der Waals surface area contributed by atoms with E-state index in [9.17, 15) is 13.2 Å². The number of sulfonamides is 1. The first-order valence-electron chi connectivity index (χ1n) is 6.82. The van der Waals surface area contributed by atoms with Crippen molar-refractivity contribution >= 4 is 27.0 Å². The summed E-state index contributed by atoms with van der Waals surface area (Å²) in [6.07, 6.45) is 0.940. The number of carbonyl (C=O) groups is 1. The van der Waals surface area contributed by atoms with Gasteiger partial charge in [-0.25, -0.2) is 17.8 Å². The van der Waals surface area contributed by atoms with Crippen molar-refractivity contribution in [3.8, 4) is 0 Å². The molecule has 0 bridgehead atoms. The zero-order valence-electron chi connectivity index (χ0n) is 12.3. The Kier molecular flexibility index (Phi) is 3.83. The van der Waals surface area contributed by atoms with Crippen LogP contribution in [0.5, 0.6) is 0 Å². The summed E-state index contributed by atoms with van der Waals surface area (Å²) in [5.74, 6) is -0.648. The molecule has 0 atom stereocenters. The lowest BCUT2D eigenvalue weighted by atomic mass is 10.1. The third-order valence-electron chi connectivity index (χ3n) is 3.25. The van der Waals surface area contributed by atoms with Crippen LogP contribution in [-0.4, -0.2) is 35.6 Å². The second-order valence-corrected chi connectivity index (χ2v) is 6.88. The number of hydrogen-bond acceptors (Lipinski definition) is 5. The van der Waals surface area contributed by atoms with E-state index in [-0.39, 0.29) is 5.56 Å². The lowest BCUT2D eigenvalue weighted by Crippen LogP contribution is -2.29. The van der Waals surface area contributed by atoms with Crippen LogP contribution in [0.1, 0.15) is 15.9 Å². The largest absolute Gasteiger partial charge is 0.268 e. The summed E-state index contributed by atoms with van der Waals surface area (Å²) in [5.41, 5.74) is 2.95. The van der Waals surface area contributed by atoms with Crippen LogP contribution in [-0.2, 0) is 16.6 Å². The van der Waals surface area contributed by atoms with E-state index in [4.69, 9.17) is 0 Å². The summed E-state index contributed by atoms with van der Waals surface area (Å²) in [4.78, 5) is 11.7. The van der Waals surface area contributed by atoms with E-state index >= 15 is 0 Å². The molecular weight excluding hydrogens is 316 g/mol. The molecule has 0 fully saturated rings. The summed E-state index contributed by atoms with van der Waals surface area (Å²) in [6, 6.07) is 14.3. The minimum Gasteiger partial charge on any atom is -0.268 e. The maximum atomic E-state index is 11.7. The van der Waals surface area contributed by atoms with Crippen LogP contribution in [0.4, 0.5) is 0 Å². The van der Waals surface area contributed by atoms with Crippen LogP contribution in [0.25, 0.3) is 11.0 Å². The first kappa shape index (κ1) is 15.2. The van der Waals surface area contributed by atoms with E-state index in [1.54, 1.807) is 28.9 Å². The monoisotopic (exact) mass is 330 g/mol. The second kappa shape index (κ2) is 5.81. The zero-order valence-corrected chi connectivity index (χ0v) is 13.1. The molecule has 0 saturated carbocycles. The molecule has 0 aliphatic rings. The van der Waals surface area contributed by atoms with Crippen LogP contribution in [0.2, 0.25) is 0 Å². The number of fused-ring (bicyclic) bond motifs is 1. The third-order valence-corrected chi connectivity index (χ3v) is 3.80. The van der Waals surface area contributed by atoms with Gasteiger partial charge >= 0.3 is 0 Å². The Hall–Kier alpha value is -2.74. The molecule has 3 aromatic rings. The fraction of sp³-hybridized carbons (Fsp3) is 0.133. The lowest BCUT2D eigenvalue weighted by Gasteiger charge is -2.05. The van der Waals surface area contributed by atoms with Gasteiger partial charge < -0.3 is 0 Å². The first-order valence-corrected chi connectivity index (χ1v) is 8.71. The summed E-state index contributed by atoms with van der Waals surface area (Å²) in [7, 11) is -3.57. The highest BCUT2D eigenvalue weighted by molar-refractivity contribution is 7.89. The average Bonchev–Trinajstić information content (AvgIpc) is 2.90. The number of nitrogens with one attached hydrogen (secondary N) is 1. The van der Waals surface area contributed by atoms with Crippen LogP contribution in [0, 0.1) is 0 Å². The van der Waals surface area contributed by atoms with E-state index in [2.05, 4.69) is 10.3 Å². The maximum Gasteiger partial charge on any atom is 0.264 e. The molecular formula is C15H14N4O3S. The molecule has 0 aliphatic carbocycles. The quantitative estimate of drug-likeness (QED) is 0.775. The molecule has 0 aliphatic heterocycles. The Morgan fingerprint density at radius 3 is 2.52 bits per heavy atom. The van der Waals surface area contributed by atoms with Gasteiger partial charge in [0.25, 0.3) is 5.91 Å². The van der Waals surface area contributed by atoms with Gasteiger partial charge in [0.05, 0.1) is 18.3 Å². The Bertz CT molecular complexity index is 962. The fourth-order valence-electron chi connectivity index (χ4n) is 2.20. The SMILES string of the molecule is CS(=O)(=O)NC(=O)c1ccc(Cn2nnc3ccccc32)cc1. The predicted octanol–water partition coefficient (Wildman–Crippen LogP) is 1.17. The predicted molar refractivity (Wildman–Crippen MR) is 85.4 cm³/mol. The minimum atomic E-state index is -3.57. The highest BCUT2D eigenvalue weighted by Gasteiger charge is 2.11. The molecule has 0 spiro atoms. The van der Waals surface area contributed by atoms with Crippen molar-refractivity contribution < 1.29 is 13.2 Å². The minimum absolute atomic E-state index is 0.280. The molecule has 3 rings (SSSR count). The summed E-state index contributed by atoms with van der Waals surface area (Å²) >= 11 is 0. The maximum absolute atomic E-state index is 11.7. The number of hydrogen-bond donors (Lipinski definition) is 1. The molecule has 0 saturated heterocycles. The van der Waals surface area contributed by atoms with Gasteiger partial charge in [-0.1, -0.05) is 29.5 Å². The van der Waals surface area contributed by atoms with E-state index in [1.165, 1.54) is 0 Å². The van der Waals surface area contributed by atoms with Gasteiger partial charge in [0.15, 0.2) is 0 Å². The van der Waals surface area contributed by atoms with Gasteiger partial charge in [-0.15, -0.1) is 5.10 Å². The number of amides is 1. The van der Waals surface area contributed by atoms with Gasteiger partial charge in [-0.05, 0) is 29.8 Å². The van der Waals surface area contributed by atoms with Gasteiger partial charge in [-0.3, -0.25) is 4.79 Å². The van der Waals surface area contributed by atoms with Crippen LogP contribution < -0.4 is 4.72 Å². The molecule has 2 aromatic carbocycles. The Morgan fingerprint density at radius 1 is 1.13 bits per heavy atom.